The third-order valence-electron chi connectivity index (χ3n) is 5.01. The molecule has 0 spiro atoms. The van der Waals surface area contributed by atoms with Crippen molar-refractivity contribution in [2.45, 2.75) is 26.4 Å². The lowest BCUT2D eigenvalue weighted by molar-refractivity contribution is -0.117. The highest BCUT2D eigenvalue weighted by Gasteiger charge is 2.23. The lowest BCUT2D eigenvalue weighted by Gasteiger charge is -2.24. The summed E-state index contributed by atoms with van der Waals surface area (Å²) in [6, 6.07) is 26.8. The van der Waals surface area contributed by atoms with Crippen LogP contribution in [0.25, 0.3) is 11.1 Å². The summed E-state index contributed by atoms with van der Waals surface area (Å²) in [5.41, 5.74) is 5.78. The summed E-state index contributed by atoms with van der Waals surface area (Å²) in [5, 5.41) is 0. The van der Waals surface area contributed by atoms with Crippen molar-refractivity contribution in [3.05, 3.63) is 95.6 Å². The van der Waals surface area contributed by atoms with Crippen molar-refractivity contribution < 1.29 is 9.53 Å². The van der Waals surface area contributed by atoms with Crippen molar-refractivity contribution in [1.29, 1.82) is 0 Å². The second-order valence-electron chi connectivity index (χ2n) is 7.05. The summed E-state index contributed by atoms with van der Waals surface area (Å²) in [6.07, 6.45) is 0.262. The molecule has 4 heteroatoms. The molecular formula is C25H24N2O2. The SMILES string of the molecule is CCOC(=NC(=O)Cc1ccccc1)N1Cc2ccccc2-c2ccccc2C1. The predicted octanol–water partition coefficient (Wildman–Crippen LogP) is 4.83. The fraction of sp³-hybridized carbons (Fsp3) is 0.200. The third kappa shape index (κ3) is 4.37. The van der Waals surface area contributed by atoms with E-state index in [0.717, 1.165) is 5.56 Å². The van der Waals surface area contributed by atoms with Crippen LogP contribution in [0.3, 0.4) is 0 Å². The predicted molar refractivity (Wildman–Crippen MR) is 115 cm³/mol. The van der Waals surface area contributed by atoms with E-state index in [9.17, 15) is 4.79 Å². The van der Waals surface area contributed by atoms with E-state index < -0.39 is 0 Å². The van der Waals surface area contributed by atoms with Crippen molar-refractivity contribution >= 4 is 11.9 Å². The minimum atomic E-state index is -0.203. The topological polar surface area (TPSA) is 41.9 Å². The first-order valence-electron chi connectivity index (χ1n) is 9.94. The van der Waals surface area contributed by atoms with Crippen LogP contribution in [0, 0.1) is 0 Å². The zero-order chi connectivity index (χ0) is 20.1. The van der Waals surface area contributed by atoms with E-state index in [2.05, 4.69) is 46.3 Å². The van der Waals surface area contributed by atoms with E-state index in [1.807, 2.05) is 49.4 Å². The molecule has 0 bridgehead atoms. The van der Waals surface area contributed by atoms with Crippen LogP contribution >= 0.6 is 0 Å². The third-order valence-corrected chi connectivity index (χ3v) is 5.01. The fourth-order valence-corrected chi connectivity index (χ4v) is 3.68. The number of aliphatic imine (C=N–C) groups is 1. The molecular weight excluding hydrogens is 360 g/mol. The van der Waals surface area contributed by atoms with Crippen LogP contribution in [0.5, 0.6) is 0 Å². The number of fused-ring (bicyclic) bond motifs is 3. The van der Waals surface area contributed by atoms with Crippen molar-refractivity contribution in [2.24, 2.45) is 4.99 Å². The molecule has 0 aliphatic carbocycles. The highest BCUT2D eigenvalue weighted by atomic mass is 16.5. The summed E-state index contributed by atoms with van der Waals surface area (Å²) in [6.45, 7) is 3.65. The Hall–Kier alpha value is -3.40. The van der Waals surface area contributed by atoms with Crippen LogP contribution < -0.4 is 0 Å². The first-order valence-corrected chi connectivity index (χ1v) is 9.94. The summed E-state index contributed by atoms with van der Waals surface area (Å²) >= 11 is 0. The highest BCUT2D eigenvalue weighted by Crippen LogP contribution is 2.32. The molecule has 0 saturated heterocycles. The van der Waals surface area contributed by atoms with E-state index in [1.54, 1.807) is 0 Å². The van der Waals surface area contributed by atoms with Crippen LogP contribution in [0.4, 0.5) is 0 Å². The Morgan fingerprint density at radius 2 is 1.41 bits per heavy atom. The number of nitrogens with zero attached hydrogens (tertiary/aromatic N) is 2. The van der Waals surface area contributed by atoms with Crippen molar-refractivity contribution in [3.8, 4) is 11.1 Å². The molecule has 0 radical (unpaired) electrons. The quantitative estimate of drug-likeness (QED) is 0.480. The second kappa shape index (κ2) is 8.74. The van der Waals surface area contributed by atoms with E-state index >= 15 is 0 Å². The number of amidine groups is 1. The van der Waals surface area contributed by atoms with Gasteiger partial charge in [-0.1, -0.05) is 78.9 Å². The molecule has 4 nitrogen and oxygen atoms in total. The smallest absolute Gasteiger partial charge is 0.295 e. The molecule has 3 aromatic rings. The van der Waals surface area contributed by atoms with E-state index in [-0.39, 0.29) is 12.3 Å². The lowest BCUT2D eigenvalue weighted by atomic mass is 9.97. The zero-order valence-electron chi connectivity index (χ0n) is 16.5. The standard InChI is InChI=1S/C25H24N2O2/c1-2-29-25(26-24(28)16-19-10-4-3-5-11-19)27-17-20-12-6-8-14-22(20)23-15-9-7-13-21(23)18-27/h3-15H,2,16-18H2,1H3. The van der Waals surface area contributed by atoms with Gasteiger partial charge in [0.2, 0.25) is 0 Å². The van der Waals surface area contributed by atoms with Gasteiger partial charge in [0.1, 0.15) is 0 Å². The van der Waals surface area contributed by atoms with Gasteiger partial charge in [-0.25, -0.2) is 0 Å². The normalized spacial score (nSPS) is 13.3. The summed E-state index contributed by atoms with van der Waals surface area (Å²) in [7, 11) is 0. The maximum absolute atomic E-state index is 12.6. The van der Waals surface area contributed by atoms with Crippen LogP contribution in [-0.2, 0) is 29.0 Å². The number of carbonyl (C=O) groups is 1. The Morgan fingerprint density at radius 1 is 0.862 bits per heavy atom. The number of hydrogen-bond acceptors (Lipinski definition) is 2. The average Bonchev–Trinajstić information content (AvgIpc) is 2.91. The maximum atomic E-state index is 12.6. The summed E-state index contributed by atoms with van der Waals surface area (Å²) in [4.78, 5) is 19.0. The molecule has 146 valence electrons. The summed E-state index contributed by atoms with van der Waals surface area (Å²) < 4.78 is 5.83. The van der Waals surface area contributed by atoms with E-state index in [4.69, 9.17) is 4.74 Å². The average molecular weight is 384 g/mol. The Morgan fingerprint density at radius 3 is 2.00 bits per heavy atom. The van der Waals surface area contributed by atoms with Crippen molar-refractivity contribution in [3.63, 3.8) is 0 Å². The van der Waals surface area contributed by atoms with Gasteiger partial charge >= 0.3 is 0 Å². The van der Waals surface area contributed by atoms with E-state index in [1.165, 1.54) is 22.3 Å². The molecule has 0 N–H and O–H groups in total. The van der Waals surface area contributed by atoms with Gasteiger partial charge in [0, 0.05) is 13.1 Å². The molecule has 1 aliphatic heterocycles. The minimum absolute atomic E-state index is 0.203. The van der Waals surface area contributed by atoms with E-state index in [0.29, 0.717) is 25.7 Å². The molecule has 1 amide bonds. The number of rotatable bonds is 3. The monoisotopic (exact) mass is 384 g/mol. The lowest BCUT2D eigenvalue weighted by Crippen LogP contribution is -2.32. The van der Waals surface area contributed by atoms with Crippen molar-refractivity contribution in [1.82, 2.24) is 4.90 Å². The minimum Gasteiger partial charge on any atom is -0.465 e. The molecule has 0 atom stereocenters. The van der Waals surface area contributed by atoms with Gasteiger partial charge in [-0.15, -0.1) is 0 Å². The number of hydrogen-bond donors (Lipinski definition) is 0. The first-order chi connectivity index (χ1) is 14.2. The number of carbonyl (C=O) groups excluding carboxylic acids is 1. The van der Waals surface area contributed by atoms with Crippen LogP contribution in [0.15, 0.2) is 83.9 Å². The Labute approximate surface area is 171 Å². The van der Waals surface area contributed by atoms with Gasteiger partial charge in [0.15, 0.2) is 0 Å². The largest absolute Gasteiger partial charge is 0.465 e. The maximum Gasteiger partial charge on any atom is 0.295 e. The molecule has 0 unspecified atom stereocenters. The Balaban J connectivity index is 1.66. The zero-order valence-corrected chi connectivity index (χ0v) is 16.5. The fourth-order valence-electron chi connectivity index (χ4n) is 3.68. The molecule has 29 heavy (non-hydrogen) atoms. The van der Waals surface area contributed by atoms with Gasteiger partial charge in [0.25, 0.3) is 11.9 Å². The molecule has 0 fully saturated rings. The first kappa shape index (κ1) is 18.9. The van der Waals surface area contributed by atoms with Gasteiger partial charge in [-0.2, -0.15) is 4.99 Å². The van der Waals surface area contributed by atoms with Gasteiger partial charge in [0.05, 0.1) is 13.0 Å². The summed E-state index contributed by atoms with van der Waals surface area (Å²) in [5.74, 6) is -0.203. The van der Waals surface area contributed by atoms with Crippen LogP contribution in [-0.4, -0.2) is 23.4 Å². The molecule has 4 rings (SSSR count). The van der Waals surface area contributed by atoms with Gasteiger partial charge in [-0.05, 0) is 34.7 Å². The second-order valence-corrected chi connectivity index (χ2v) is 7.05. The molecule has 3 aromatic carbocycles. The van der Waals surface area contributed by atoms with Crippen molar-refractivity contribution in [2.75, 3.05) is 6.61 Å². The van der Waals surface area contributed by atoms with Gasteiger partial charge < -0.3 is 9.64 Å². The highest BCUT2D eigenvalue weighted by molar-refractivity contribution is 5.91. The molecule has 0 aromatic heterocycles. The molecule has 1 heterocycles. The number of amides is 1. The number of ether oxygens (including phenoxy) is 1. The van der Waals surface area contributed by atoms with Gasteiger partial charge in [-0.3, -0.25) is 4.79 Å². The van der Waals surface area contributed by atoms with Crippen LogP contribution in [0.2, 0.25) is 0 Å². The molecule has 0 saturated carbocycles. The number of benzene rings is 3. The Bertz CT molecular complexity index is 980. The molecule has 1 aliphatic rings. The Kier molecular flexibility index (Phi) is 5.71. The van der Waals surface area contributed by atoms with Crippen LogP contribution in [0.1, 0.15) is 23.6 Å².